The molecule has 0 fully saturated rings. The molecule has 0 aliphatic rings. The Balaban J connectivity index is 3.63. The van der Waals surface area contributed by atoms with E-state index < -0.39 is 23.9 Å². The molecule has 0 heterocycles. The summed E-state index contributed by atoms with van der Waals surface area (Å²) in [7, 11) is 0. The monoisotopic (exact) mass is 234 g/mol. The molecule has 0 saturated heterocycles. The van der Waals surface area contributed by atoms with Gasteiger partial charge in [-0.2, -0.15) is 0 Å². The van der Waals surface area contributed by atoms with Crippen LogP contribution in [-0.4, -0.2) is 23.9 Å². The summed E-state index contributed by atoms with van der Waals surface area (Å²) in [5, 5.41) is 0. The Morgan fingerprint density at radius 3 is 1.25 bits per heavy atom. The lowest BCUT2D eigenvalue weighted by molar-refractivity contribution is -0.261. The van der Waals surface area contributed by atoms with Crippen molar-refractivity contribution in [1.82, 2.24) is 0 Å². The Hall–Kier alpha value is -2.12. The van der Waals surface area contributed by atoms with Crippen molar-refractivity contribution in [1.29, 1.82) is 0 Å². The van der Waals surface area contributed by atoms with Crippen molar-refractivity contribution in [2.45, 2.75) is 26.7 Å². The van der Waals surface area contributed by atoms with Crippen molar-refractivity contribution >= 4 is 23.9 Å². The molecule has 90 valence electrons. The van der Waals surface area contributed by atoms with Gasteiger partial charge in [0.1, 0.15) is 0 Å². The topological polar surface area (TPSA) is 105 Å². The molecule has 0 amide bonds. The lowest BCUT2D eigenvalue weighted by atomic mass is 10.3. The van der Waals surface area contributed by atoms with Crippen LogP contribution < -0.4 is 0 Å². The maximum atomic E-state index is 10.8. The molecule has 0 atom stereocenters. The lowest BCUT2D eigenvalue weighted by Crippen LogP contribution is -2.13. The summed E-state index contributed by atoms with van der Waals surface area (Å²) in [6.45, 7) is 2.09. The van der Waals surface area contributed by atoms with Gasteiger partial charge in [-0.05, 0) is 0 Å². The largest absolute Gasteiger partial charge is 0.356 e. The fourth-order valence-corrected chi connectivity index (χ4v) is 0.498. The first kappa shape index (κ1) is 13.9. The van der Waals surface area contributed by atoms with Crippen LogP contribution >= 0.6 is 0 Å². The van der Waals surface area contributed by atoms with Gasteiger partial charge < -0.3 is 0 Å². The lowest BCUT2D eigenvalue weighted by Gasteiger charge is -2.01. The van der Waals surface area contributed by atoms with E-state index in [4.69, 9.17) is 0 Å². The zero-order chi connectivity index (χ0) is 12.6. The van der Waals surface area contributed by atoms with E-state index >= 15 is 0 Å². The molecule has 0 rings (SSSR count). The Labute approximate surface area is 90.3 Å². The molecule has 0 bridgehead atoms. The average Bonchev–Trinajstić information content (AvgIpc) is 2.20. The first-order valence-corrected chi connectivity index (χ1v) is 4.17. The third-order valence-corrected chi connectivity index (χ3v) is 1.04. The average molecular weight is 234 g/mol. The quantitative estimate of drug-likeness (QED) is 0.488. The summed E-state index contributed by atoms with van der Waals surface area (Å²) in [6, 6.07) is 0. The Morgan fingerprint density at radius 1 is 0.688 bits per heavy atom. The Morgan fingerprint density at radius 2 is 1.00 bits per heavy atom. The van der Waals surface area contributed by atoms with Gasteiger partial charge >= 0.3 is 23.9 Å². The van der Waals surface area contributed by atoms with E-state index in [1.54, 1.807) is 0 Å². The van der Waals surface area contributed by atoms with Gasteiger partial charge in [0.15, 0.2) is 0 Å². The number of rotatable bonds is 3. The molecule has 0 saturated carbocycles. The highest BCUT2D eigenvalue weighted by Gasteiger charge is 2.12. The molecule has 0 radical (unpaired) electrons. The van der Waals surface area contributed by atoms with Crippen LogP contribution in [0.3, 0.4) is 0 Å². The van der Waals surface area contributed by atoms with Gasteiger partial charge in [0.25, 0.3) is 0 Å². The van der Waals surface area contributed by atoms with E-state index in [-0.39, 0.29) is 12.8 Å². The SMILES string of the molecule is CC(=O)OOC(=O)CCC(=O)OOC(C)=O. The molecular formula is C8H10O8. The smallest absolute Gasteiger partial charge is 0.248 e. The molecule has 0 aromatic rings. The Bertz CT molecular complexity index is 264. The summed E-state index contributed by atoms with van der Waals surface area (Å²) in [4.78, 5) is 57.7. The van der Waals surface area contributed by atoms with Gasteiger partial charge in [-0.25, -0.2) is 38.7 Å². The van der Waals surface area contributed by atoms with Gasteiger partial charge in [0.2, 0.25) is 0 Å². The van der Waals surface area contributed by atoms with Crippen molar-refractivity contribution in [3.63, 3.8) is 0 Å². The van der Waals surface area contributed by atoms with Crippen LogP contribution in [0, 0.1) is 0 Å². The van der Waals surface area contributed by atoms with Gasteiger partial charge in [-0.3, -0.25) is 0 Å². The minimum absolute atomic E-state index is 0.368. The van der Waals surface area contributed by atoms with E-state index in [1.165, 1.54) is 0 Å². The normalized spacial score (nSPS) is 8.88. The standard InChI is InChI=1S/C8H10O8/c1-5(9)13-15-7(11)3-4-8(12)16-14-6(2)10/h3-4H2,1-2H3. The first-order chi connectivity index (χ1) is 7.41. The third kappa shape index (κ3) is 8.48. The van der Waals surface area contributed by atoms with Crippen LogP contribution in [0.5, 0.6) is 0 Å². The third-order valence-electron chi connectivity index (χ3n) is 1.04. The predicted molar refractivity (Wildman–Crippen MR) is 45.0 cm³/mol. The highest BCUT2D eigenvalue weighted by atomic mass is 17.2. The van der Waals surface area contributed by atoms with Crippen LogP contribution in [0.2, 0.25) is 0 Å². The highest BCUT2D eigenvalue weighted by Crippen LogP contribution is 1.97. The molecule has 0 aliphatic carbocycles. The molecule has 0 spiro atoms. The van der Waals surface area contributed by atoms with Crippen LogP contribution in [0.15, 0.2) is 0 Å². The summed E-state index contributed by atoms with van der Waals surface area (Å²) in [5.74, 6) is -3.43. The van der Waals surface area contributed by atoms with Gasteiger partial charge in [-0.1, -0.05) is 0 Å². The zero-order valence-electron chi connectivity index (χ0n) is 8.68. The minimum atomic E-state index is -0.921. The molecule has 8 heteroatoms. The summed E-state index contributed by atoms with van der Waals surface area (Å²) >= 11 is 0. The van der Waals surface area contributed by atoms with Crippen molar-refractivity contribution in [2.75, 3.05) is 0 Å². The summed E-state index contributed by atoms with van der Waals surface area (Å²) < 4.78 is 0. The Kier molecular flexibility index (Phi) is 6.25. The molecule has 16 heavy (non-hydrogen) atoms. The van der Waals surface area contributed by atoms with Crippen LogP contribution in [0.25, 0.3) is 0 Å². The second kappa shape index (κ2) is 7.21. The van der Waals surface area contributed by atoms with Crippen molar-refractivity contribution < 1.29 is 38.7 Å². The molecule has 0 aromatic carbocycles. The van der Waals surface area contributed by atoms with Crippen LogP contribution in [0.4, 0.5) is 0 Å². The number of hydrogen-bond acceptors (Lipinski definition) is 8. The molecule has 0 N–H and O–H groups in total. The maximum absolute atomic E-state index is 10.8. The van der Waals surface area contributed by atoms with Crippen LogP contribution in [-0.2, 0) is 38.7 Å². The molecular weight excluding hydrogens is 224 g/mol. The molecule has 0 unspecified atom stereocenters. The molecule has 0 aromatic heterocycles. The summed E-state index contributed by atoms with van der Waals surface area (Å²) in [5.41, 5.74) is 0. The second-order valence-electron chi connectivity index (χ2n) is 2.56. The fourth-order valence-electron chi connectivity index (χ4n) is 0.498. The van der Waals surface area contributed by atoms with Gasteiger partial charge in [-0.15, -0.1) is 0 Å². The van der Waals surface area contributed by atoms with Crippen molar-refractivity contribution in [3.05, 3.63) is 0 Å². The van der Waals surface area contributed by atoms with E-state index in [0.29, 0.717) is 0 Å². The zero-order valence-corrected chi connectivity index (χ0v) is 8.68. The van der Waals surface area contributed by atoms with Crippen molar-refractivity contribution in [3.8, 4) is 0 Å². The molecule has 0 aliphatic heterocycles. The van der Waals surface area contributed by atoms with E-state index in [0.717, 1.165) is 13.8 Å². The van der Waals surface area contributed by atoms with Gasteiger partial charge in [0, 0.05) is 13.8 Å². The maximum Gasteiger partial charge on any atom is 0.356 e. The fraction of sp³-hybridized carbons (Fsp3) is 0.500. The number of carbonyl (C=O) groups excluding carboxylic acids is 4. The highest BCUT2D eigenvalue weighted by molar-refractivity contribution is 5.78. The van der Waals surface area contributed by atoms with E-state index in [2.05, 4.69) is 19.6 Å². The minimum Gasteiger partial charge on any atom is -0.248 e. The number of hydrogen-bond donors (Lipinski definition) is 0. The van der Waals surface area contributed by atoms with Crippen LogP contribution in [0.1, 0.15) is 26.7 Å². The summed E-state index contributed by atoms with van der Waals surface area (Å²) in [6.07, 6.45) is -0.735. The second-order valence-corrected chi connectivity index (χ2v) is 2.56. The van der Waals surface area contributed by atoms with E-state index in [1.807, 2.05) is 0 Å². The molecule has 8 nitrogen and oxygen atoms in total. The van der Waals surface area contributed by atoms with Crippen molar-refractivity contribution in [2.24, 2.45) is 0 Å². The van der Waals surface area contributed by atoms with Gasteiger partial charge in [0.05, 0.1) is 12.8 Å². The first-order valence-electron chi connectivity index (χ1n) is 4.17. The number of carbonyl (C=O) groups is 4. The van der Waals surface area contributed by atoms with E-state index in [9.17, 15) is 19.2 Å². The predicted octanol–water partition coefficient (Wildman–Crippen LogP) is -0.191.